The smallest absolute Gasteiger partial charge is 0.333 e. The molecule has 1 aromatic heterocycles. The maximum Gasteiger partial charge on any atom is 0.333 e. The van der Waals surface area contributed by atoms with Crippen LogP contribution in [-0.2, 0) is 0 Å². The summed E-state index contributed by atoms with van der Waals surface area (Å²) in [5.41, 5.74) is 8.63. The SMILES string of the molecule is CNNC(=O)Nc1ccc(-n2cnc3cc(OCCCN4CCN(C)C(C(C)C)C4)ccc32)cc1. The van der Waals surface area contributed by atoms with Gasteiger partial charge in [-0.25, -0.2) is 15.2 Å². The number of piperazine rings is 1. The zero-order valence-electron chi connectivity index (χ0n) is 21.1. The zero-order chi connectivity index (χ0) is 24.8. The largest absolute Gasteiger partial charge is 0.493 e. The van der Waals surface area contributed by atoms with E-state index in [1.807, 2.05) is 53.4 Å². The number of imidazole rings is 1. The number of nitrogens with zero attached hydrogens (tertiary/aromatic N) is 4. The Morgan fingerprint density at radius 3 is 2.71 bits per heavy atom. The molecule has 0 radical (unpaired) electrons. The van der Waals surface area contributed by atoms with Crippen molar-refractivity contribution in [3.05, 3.63) is 48.8 Å². The summed E-state index contributed by atoms with van der Waals surface area (Å²) < 4.78 is 8.07. The first kappa shape index (κ1) is 25.0. The molecule has 0 saturated carbocycles. The number of ether oxygens (including phenoxy) is 1. The van der Waals surface area contributed by atoms with Crippen molar-refractivity contribution >= 4 is 22.8 Å². The summed E-state index contributed by atoms with van der Waals surface area (Å²) in [6.45, 7) is 9.78. The molecule has 0 aliphatic carbocycles. The fraction of sp³-hybridized carbons (Fsp3) is 0.462. The maximum absolute atomic E-state index is 11.6. The maximum atomic E-state index is 11.6. The monoisotopic (exact) mass is 479 g/mol. The Balaban J connectivity index is 1.30. The fourth-order valence-corrected chi connectivity index (χ4v) is 4.63. The third-order valence-corrected chi connectivity index (χ3v) is 6.60. The van der Waals surface area contributed by atoms with Crippen molar-refractivity contribution in [1.82, 2.24) is 30.2 Å². The van der Waals surface area contributed by atoms with Crippen LogP contribution in [-0.4, -0.2) is 78.3 Å². The first-order valence-corrected chi connectivity index (χ1v) is 12.3. The van der Waals surface area contributed by atoms with Gasteiger partial charge in [-0.3, -0.25) is 9.99 Å². The number of carbonyl (C=O) groups excluding carboxylic acids is 1. The van der Waals surface area contributed by atoms with Gasteiger partial charge < -0.3 is 19.9 Å². The Labute approximate surface area is 207 Å². The summed E-state index contributed by atoms with van der Waals surface area (Å²) in [7, 11) is 3.88. The van der Waals surface area contributed by atoms with Crippen LogP contribution in [0.25, 0.3) is 16.7 Å². The van der Waals surface area contributed by atoms with Crippen LogP contribution < -0.4 is 20.9 Å². The van der Waals surface area contributed by atoms with Gasteiger partial charge in [-0.05, 0) is 55.8 Å². The molecule has 2 amide bonds. The lowest BCUT2D eigenvalue weighted by Crippen LogP contribution is -2.53. The van der Waals surface area contributed by atoms with Gasteiger partial charge in [0.2, 0.25) is 0 Å². The van der Waals surface area contributed by atoms with Crippen molar-refractivity contribution in [3.8, 4) is 11.4 Å². The van der Waals surface area contributed by atoms with E-state index in [0.29, 0.717) is 24.3 Å². The molecule has 1 fully saturated rings. The van der Waals surface area contributed by atoms with E-state index in [9.17, 15) is 4.79 Å². The van der Waals surface area contributed by atoms with Crippen LogP contribution in [0.15, 0.2) is 48.8 Å². The number of carbonyl (C=O) groups is 1. The van der Waals surface area contributed by atoms with Gasteiger partial charge in [0.1, 0.15) is 12.1 Å². The first-order chi connectivity index (χ1) is 16.9. The highest BCUT2D eigenvalue weighted by Gasteiger charge is 2.26. The second-order valence-electron chi connectivity index (χ2n) is 9.44. The van der Waals surface area contributed by atoms with E-state index < -0.39 is 0 Å². The van der Waals surface area contributed by atoms with Crippen LogP contribution in [0, 0.1) is 5.92 Å². The van der Waals surface area contributed by atoms with E-state index in [-0.39, 0.29) is 6.03 Å². The second-order valence-corrected chi connectivity index (χ2v) is 9.44. The third kappa shape index (κ3) is 6.30. The van der Waals surface area contributed by atoms with Gasteiger partial charge in [-0.2, -0.15) is 0 Å². The van der Waals surface area contributed by atoms with Gasteiger partial charge >= 0.3 is 6.03 Å². The van der Waals surface area contributed by atoms with Gasteiger partial charge in [0.05, 0.1) is 17.6 Å². The number of anilines is 1. The number of urea groups is 1. The number of hydrogen-bond donors (Lipinski definition) is 3. The molecular weight excluding hydrogens is 442 g/mol. The molecule has 1 atom stereocenters. The molecule has 9 nitrogen and oxygen atoms in total. The Morgan fingerprint density at radius 2 is 1.97 bits per heavy atom. The van der Waals surface area contributed by atoms with Crippen molar-refractivity contribution in [2.45, 2.75) is 26.3 Å². The number of aromatic nitrogens is 2. The van der Waals surface area contributed by atoms with E-state index in [2.05, 4.69) is 51.8 Å². The molecular formula is C26H37N7O2. The van der Waals surface area contributed by atoms with Crippen LogP contribution in [0.2, 0.25) is 0 Å². The second kappa shape index (κ2) is 11.5. The average molecular weight is 480 g/mol. The van der Waals surface area contributed by atoms with Crippen LogP contribution in [0.5, 0.6) is 5.75 Å². The van der Waals surface area contributed by atoms with Gasteiger partial charge in [0.25, 0.3) is 0 Å². The zero-order valence-corrected chi connectivity index (χ0v) is 21.1. The quantitative estimate of drug-likeness (QED) is 0.322. The minimum atomic E-state index is -0.316. The van der Waals surface area contributed by atoms with Crippen LogP contribution in [0.3, 0.4) is 0 Å². The molecule has 2 aromatic carbocycles. The number of nitrogens with one attached hydrogen (secondary N) is 3. The van der Waals surface area contributed by atoms with Gasteiger partial charge in [0, 0.05) is 56.7 Å². The Morgan fingerprint density at radius 1 is 1.17 bits per heavy atom. The van der Waals surface area contributed by atoms with Crippen molar-refractivity contribution < 1.29 is 9.53 Å². The molecule has 3 N–H and O–H groups in total. The number of fused-ring (bicyclic) bond motifs is 1. The highest BCUT2D eigenvalue weighted by molar-refractivity contribution is 5.89. The molecule has 0 spiro atoms. The lowest BCUT2D eigenvalue weighted by Gasteiger charge is -2.41. The van der Waals surface area contributed by atoms with Crippen LogP contribution in [0.1, 0.15) is 20.3 Å². The third-order valence-electron chi connectivity index (χ3n) is 6.60. The number of hydrazine groups is 1. The summed E-state index contributed by atoms with van der Waals surface area (Å²) in [6.07, 6.45) is 2.82. The van der Waals surface area contributed by atoms with E-state index in [4.69, 9.17) is 4.74 Å². The van der Waals surface area contributed by atoms with E-state index in [1.165, 1.54) is 0 Å². The number of likely N-dealkylation sites (N-methyl/N-ethyl adjacent to an activating group) is 1. The molecule has 35 heavy (non-hydrogen) atoms. The summed E-state index contributed by atoms with van der Waals surface area (Å²) in [5.74, 6) is 1.52. The number of rotatable bonds is 9. The highest BCUT2D eigenvalue weighted by atomic mass is 16.5. The normalized spacial score (nSPS) is 17.1. The average Bonchev–Trinajstić information content (AvgIpc) is 3.26. The van der Waals surface area contributed by atoms with E-state index >= 15 is 0 Å². The fourth-order valence-electron chi connectivity index (χ4n) is 4.63. The van der Waals surface area contributed by atoms with Crippen molar-refractivity contribution in [2.24, 2.45) is 5.92 Å². The minimum absolute atomic E-state index is 0.316. The summed E-state index contributed by atoms with van der Waals surface area (Å²) >= 11 is 0. The van der Waals surface area contributed by atoms with Gasteiger partial charge in [-0.1, -0.05) is 13.8 Å². The summed E-state index contributed by atoms with van der Waals surface area (Å²) in [6, 6.07) is 14.0. The minimum Gasteiger partial charge on any atom is -0.493 e. The number of benzene rings is 2. The molecule has 9 heteroatoms. The number of hydrogen-bond acceptors (Lipinski definition) is 6. The highest BCUT2D eigenvalue weighted by Crippen LogP contribution is 2.24. The molecule has 2 heterocycles. The van der Waals surface area contributed by atoms with Gasteiger partial charge in [-0.15, -0.1) is 0 Å². The molecule has 3 aromatic rings. The summed E-state index contributed by atoms with van der Waals surface area (Å²) in [4.78, 5) is 21.3. The molecule has 1 aliphatic rings. The van der Waals surface area contributed by atoms with Crippen molar-refractivity contribution in [3.63, 3.8) is 0 Å². The van der Waals surface area contributed by atoms with Crippen molar-refractivity contribution in [2.75, 3.05) is 52.2 Å². The standard InChI is InChI=1S/C26H37N7O2/c1-19(2)25-17-32(14-13-31(25)4)12-5-15-35-22-10-11-24-23(16-22)28-18-33(24)21-8-6-20(7-9-21)29-26(34)30-27-3/h6-11,16,18-19,25,27H,5,12-15,17H2,1-4H3,(H2,29,30,34). The summed E-state index contributed by atoms with van der Waals surface area (Å²) in [5, 5.41) is 2.75. The van der Waals surface area contributed by atoms with Crippen molar-refractivity contribution in [1.29, 1.82) is 0 Å². The van der Waals surface area contributed by atoms with E-state index in [1.54, 1.807) is 7.05 Å². The topological polar surface area (TPSA) is 86.7 Å². The van der Waals surface area contributed by atoms with Gasteiger partial charge in [0.15, 0.2) is 0 Å². The predicted octanol–water partition coefficient (Wildman–Crippen LogP) is 3.32. The van der Waals surface area contributed by atoms with E-state index in [0.717, 1.165) is 55.1 Å². The Kier molecular flexibility index (Phi) is 8.22. The molecule has 1 aliphatic heterocycles. The lowest BCUT2D eigenvalue weighted by atomic mass is 10.0. The van der Waals surface area contributed by atoms with Crippen LogP contribution >= 0.6 is 0 Å². The Hall–Kier alpha value is -3.14. The van der Waals surface area contributed by atoms with Crippen LogP contribution in [0.4, 0.5) is 10.5 Å². The Bertz CT molecular complexity index is 1110. The number of amides is 2. The predicted molar refractivity (Wildman–Crippen MR) is 140 cm³/mol. The first-order valence-electron chi connectivity index (χ1n) is 12.3. The molecule has 0 bridgehead atoms. The molecule has 188 valence electrons. The molecule has 1 saturated heterocycles. The lowest BCUT2D eigenvalue weighted by molar-refractivity contribution is 0.0669. The molecule has 4 rings (SSSR count). The molecule has 1 unspecified atom stereocenters.